The Bertz CT molecular complexity index is 475. The van der Waals surface area contributed by atoms with Gasteiger partial charge in [0.15, 0.2) is 0 Å². The van der Waals surface area contributed by atoms with Crippen LogP contribution in [0.25, 0.3) is 0 Å². The Morgan fingerprint density at radius 1 is 1.31 bits per heavy atom. The number of nitriles is 2. The second-order valence-corrected chi connectivity index (χ2v) is 3.44. The molecule has 0 saturated carbocycles. The topological polar surface area (TPSA) is 59.6 Å². The first kappa shape index (κ1) is 11.8. The fraction of sp³-hybridized carbons (Fsp3) is 0.231. The molecule has 0 fully saturated rings. The lowest BCUT2D eigenvalue weighted by molar-refractivity contribution is 1.05. The SMILES string of the molecule is C=C(CC)CNc1ccc(C#N)c(C#N)c1. The van der Waals surface area contributed by atoms with E-state index in [1.54, 1.807) is 18.2 Å². The summed E-state index contributed by atoms with van der Waals surface area (Å²) in [5.41, 5.74) is 2.74. The summed E-state index contributed by atoms with van der Waals surface area (Å²) in [6.07, 6.45) is 0.925. The van der Waals surface area contributed by atoms with Gasteiger partial charge in [0.05, 0.1) is 11.1 Å². The van der Waals surface area contributed by atoms with Crippen molar-refractivity contribution in [2.75, 3.05) is 11.9 Å². The van der Waals surface area contributed by atoms with Crippen molar-refractivity contribution in [2.45, 2.75) is 13.3 Å². The van der Waals surface area contributed by atoms with Crippen molar-refractivity contribution in [2.24, 2.45) is 0 Å². The van der Waals surface area contributed by atoms with Crippen LogP contribution in [0.3, 0.4) is 0 Å². The molecule has 3 heteroatoms. The summed E-state index contributed by atoms with van der Waals surface area (Å²) >= 11 is 0. The second-order valence-electron chi connectivity index (χ2n) is 3.44. The highest BCUT2D eigenvalue weighted by molar-refractivity contribution is 5.56. The zero-order valence-electron chi connectivity index (χ0n) is 9.25. The molecule has 80 valence electrons. The molecule has 1 aromatic rings. The highest BCUT2D eigenvalue weighted by Gasteiger charge is 2.02. The Morgan fingerprint density at radius 2 is 2.00 bits per heavy atom. The normalized spacial score (nSPS) is 8.94. The Labute approximate surface area is 95.6 Å². The van der Waals surface area contributed by atoms with Gasteiger partial charge in [0.25, 0.3) is 0 Å². The predicted molar refractivity (Wildman–Crippen MR) is 63.8 cm³/mol. The molecule has 1 rings (SSSR count). The molecule has 0 amide bonds. The molecule has 0 unspecified atom stereocenters. The first-order valence-corrected chi connectivity index (χ1v) is 5.06. The van der Waals surface area contributed by atoms with Gasteiger partial charge in [-0.05, 0) is 24.6 Å². The highest BCUT2D eigenvalue weighted by atomic mass is 14.9. The van der Waals surface area contributed by atoms with Gasteiger partial charge in [-0.3, -0.25) is 0 Å². The maximum absolute atomic E-state index is 8.85. The summed E-state index contributed by atoms with van der Waals surface area (Å²) in [6, 6.07) is 9.11. The minimum absolute atomic E-state index is 0.398. The van der Waals surface area contributed by atoms with Crippen molar-refractivity contribution in [3.05, 3.63) is 41.5 Å². The number of nitrogens with one attached hydrogen (secondary N) is 1. The average Bonchev–Trinajstić information content (AvgIpc) is 2.35. The largest absolute Gasteiger partial charge is 0.381 e. The van der Waals surface area contributed by atoms with Gasteiger partial charge in [0.1, 0.15) is 12.1 Å². The summed E-state index contributed by atoms with van der Waals surface area (Å²) in [4.78, 5) is 0. The summed E-state index contributed by atoms with van der Waals surface area (Å²) in [5, 5.41) is 20.8. The molecule has 0 aromatic heterocycles. The van der Waals surface area contributed by atoms with E-state index >= 15 is 0 Å². The molecule has 0 atom stereocenters. The van der Waals surface area contributed by atoms with Gasteiger partial charge in [-0.25, -0.2) is 0 Å². The Balaban J connectivity index is 2.81. The summed E-state index contributed by atoms with van der Waals surface area (Å²) in [5.74, 6) is 0. The lowest BCUT2D eigenvalue weighted by Gasteiger charge is -2.07. The van der Waals surface area contributed by atoms with Gasteiger partial charge in [-0.2, -0.15) is 10.5 Å². The number of benzene rings is 1. The molecule has 0 aliphatic heterocycles. The number of rotatable bonds is 4. The van der Waals surface area contributed by atoms with Crippen LogP contribution < -0.4 is 5.32 Å². The van der Waals surface area contributed by atoms with Crippen LogP contribution in [0.2, 0.25) is 0 Å². The van der Waals surface area contributed by atoms with E-state index in [2.05, 4.69) is 11.9 Å². The van der Waals surface area contributed by atoms with Gasteiger partial charge >= 0.3 is 0 Å². The monoisotopic (exact) mass is 211 g/mol. The quantitative estimate of drug-likeness (QED) is 0.779. The first-order valence-electron chi connectivity index (χ1n) is 5.06. The third-order valence-corrected chi connectivity index (χ3v) is 2.30. The third-order valence-electron chi connectivity index (χ3n) is 2.30. The molecule has 3 nitrogen and oxygen atoms in total. The van der Waals surface area contributed by atoms with Gasteiger partial charge < -0.3 is 5.32 Å². The van der Waals surface area contributed by atoms with E-state index in [0.29, 0.717) is 17.7 Å². The van der Waals surface area contributed by atoms with Crippen molar-refractivity contribution in [1.29, 1.82) is 10.5 Å². The van der Waals surface area contributed by atoms with E-state index in [1.807, 2.05) is 19.1 Å². The molecule has 0 aliphatic rings. The highest BCUT2D eigenvalue weighted by Crippen LogP contribution is 2.15. The van der Waals surface area contributed by atoms with Crippen LogP contribution in [-0.2, 0) is 0 Å². The van der Waals surface area contributed by atoms with Crippen LogP contribution in [-0.4, -0.2) is 6.54 Å². The molecular weight excluding hydrogens is 198 g/mol. The minimum atomic E-state index is 0.398. The molecule has 0 bridgehead atoms. The smallest absolute Gasteiger partial charge is 0.101 e. The molecular formula is C13H13N3. The lowest BCUT2D eigenvalue weighted by Crippen LogP contribution is -2.03. The molecule has 1 aromatic carbocycles. The van der Waals surface area contributed by atoms with Crippen LogP contribution >= 0.6 is 0 Å². The van der Waals surface area contributed by atoms with Crippen molar-refractivity contribution < 1.29 is 0 Å². The molecule has 0 saturated heterocycles. The lowest BCUT2D eigenvalue weighted by atomic mass is 10.1. The fourth-order valence-corrected chi connectivity index (χ4v) is 1.20. The van der Waals surface area contributed by atoms with Gasteiger partial charge in [0.2, 0.25) is 0 Å². The van der Waals surface area contributed by atoms with Crippen molar-refractivity contribution in [3.63, 3.8) is 0 Å². The Kier molecular flexibility index (Phi) is 4.12. The Hall–Kier alpha value is -2.26. The molecule has 0 spiro atoms. The zero-order valence-corrected chi connectivity index (χ0v) is 9.25. The second kappa shape index (κ2) is 5.58. The fourth-order valence-electron chi connectivity index (χ4n) is 1.20. The minimum Gasteiger partial charge on any atom is -0.381 e. The molecule has 0 heterocycles. The standard InChI is InChI=1S/C13H13N3/c1-3-10(2)9-16-13-5-4-11(7-14)12(6-13)8-15/h4-6,16H,2-3,9H2,1H3. The van der Waals surface area contributed by atoms with E-state index < -0.39 is 0 Å². The number of anilines is 1. The Morgan fingerprint density at radius 3 is 2.56 bits per heavy atom. The predicted octanol–water partition coefficient (Wildman–Crippen LogP) is 2.81. The van der Waals surface area contributed by atoms with E-state index in [9.17, 15) is 0 Å². The van der Waals surface area contributed by atoms with Crippen molar-refractivity contribution >= 4 is 5.69 Å². The van der Waals surface area contributed by atoms with Crippen LogP contribution in [0, 0.1) is 22.7 Å². The van der Waals surface area contributed by atoms with E-state index in [1.165, 1.54) is 0 Å². The molecule has 0 radical (unpaired) electrons. The number of nitrogens with zero attached hydrogens (tertiary/aromatic N) is 2. The molecule has 1 N–H and O–H groups in total. The van der Waals surface area contributed by atoms with Gasteiger partial charge in [-0.1, -0.05) is 19.1 Å². The average molecular weight is 211 g/mol. The van der Waals surface area contributed by atoms with E-state index in [4.69, 9.17) is 10.5 Å². The van der Waals surface area contributed by atoms with E-state index in [-0.39, 0.29) is 0 Å². The van der Waals surface area contributed by atoms with E-state index in [0.717, 1.165) is 17.7 Å². The van der Waals surface area contributed by atoms with Crippen LogP contribution in [0.15, 0.2) is 30.4 Å². The third kappa shape index (κ3) is 2.87. The van der Waals surface area contributed by atoms with Crippen molar-refractivity contribution in [1.82, 2.24) is 0 Å². The first-order chi connectivity index (χ1) is 7.71. The van der Waals surface area contributed by atoms with Crippen LogP contribution in [0.4, 0.5) is 5.69 Å². The zero-order chi connectivity index (χ0) is 12.0. The van der Waals surface area contributed by atoms with Gasteiger partial charge in [0, 0.05) is 12.2 Å². The maximum Gasteiger partial charge on any atom is 0.101 e. The summed E-state index contributed by atoms with van der Waals surface area (Å²) in [6.45, 7) is 6.62. The maximum atomic E-state index is 8.85. The summed E-state index contributed by atoms with van der Waals surface area (Å²) < 4.78 is 0. The van der Waals surface area contributed by atoms with Gasteiger partial charge in [-0.15, -0.1) is 0 Å². The van der Waals surface area contributed by atoms with Crippen molar-refractivity contribution in [3.8, 4) is 12.1 Å². The summed E-state index contributed by atoms with van der Waals surface area (Å²) in [7, 11) is 0. The number of hydrogen-bond donors (Lipinski definition) is 1. The van der Waals surface area contributed by atoms with Crippen LogP contribution in [0.5, 0.6) is 0 Å². The number of hydrogen-bond acceptors (Lipinski definition) is 3. The molecule has 0 aliphatic carbocycles. The van der Waals surface area contributed by atoms with Crippen LogP contribution in [0.1, 0.15) is 24.5 Å². The molecule has 16 heavy (non-hydrogen) atoms.